The van der Waals surface area contributed by atoms with E-state index in [2.05, 4.69) is 11.3 Å². The predicted molar refractivity (Wildman–Crippen MR) is 85.9 cm³/mol. The molecule has 0 radical (unpaired) electrons. The molecule has 0 N–H and O–H groups in total. The summed E-state index contributed by atoms with van der Waals surface area (Å²) in [6, 6.07) is 6.30. The van der Waals surface area contributed by atoms with Gasteiger partial charge in [-0.3, -0.25) is 9.59 Å². The van der Waals surface area contributed by atoms with Crippen LogP contribution in [0.15, 0.2) is 60.2 Å². The highest BCUT2D eigenvalue weighted by Crippen LogP contribution is 2.27. The van der Waals surface area contributed by atoms with E-state index in [1.807, 2.05) is 0 Å². The quantitative estimate of drug-likeness (QED) is 0.361. The lowest BCUT2D eigenvalue weighted by Gasteiger charge is -2.17. The highest BCUT2D eigenvalue weighted by atomic mass is 16.7. The topological polar surface area (TPSA) is 82.1 Å². The number of hydrogen-bond donors (Lipinski definition) is 0. The Hall–Kier alpha value is -3.35. The Kier molecular flexibility index (Phi) is 4.14. The van der Waals surface area contributed by atoms with Gasteiger partial charge in [-0.1, -0.05) is 18.7 Å². The van der Waals surface area contributed by atoms with Crippen LogP contribution < -0.4 is 0 Å². The summed E-state index contributed by atoms with van der Waals surface area (Å²) in [5.74, 6) is -1.68. The van der Waals surface area contributed by atoms with Crippen LogP contribution in [0.3, 0.4) is 0 Å². The van der Waals surface area contributed by atoms with Gasteiger partial charge in [-0.15, -0.1) is 0 Å². The summed E-state index contributed by atoms with van der Waals surface area (Å²) in [6.07, 6.45) is 1.83. The first-order valence-corrected chi connectivity index (χ1v) is 7.40. The molecule has 128 valence electrons. The smallest absolute Gasteiger partial charge is 0.358 e. The third-order valence-corrected chi connectivity index (χ3v) is 3.83. The van der Waals surface area contributed by atoms with Crippen LogP contribution in [-0.4, -0.2) is 36.1 Å². The zero-order valence-corrected chi connectivity index (χ0v) is 13.6. The third kappa shape index (κ3) is 2.80. The third-order valence-electron chi connectivity index (χ3n) is 3.83. The number of fused-ring (bicyclic) bond motifs is 1. The van der Waals surface area contributed by atoms with Crippen molar-refractivity contribution >= 4 is 17.8 Å². The minimum Gasteiger partial charge on any atom is -0.464 e. The maximum Gasteiger partial charge on any atom is 0.358 e. The van der Waals surface area contributed by atoms with Gasteiger partial charge in [0.1, 0.15) is 12.0 Å². The second-order valence-electron chi connectivity index (χ2n) is 5.38. The van der Waals surface area contributed by atoms with Crippen molar-refractivity contribution < 1.29 is 28.6 Å². The monoisotopic (exact) mass is 341 g/mol. The van der Waals surface area contributed by atoms with Crippen molar-refractivity contribution in [3.8, 4) is 0 Å². The Balaban J connectivity index is 1.91. The van der Waals surface area contributed by atoms with Crippen LogP contribution in [0.2, 0.25) is 0 Å². The Morgan fingerprint density at radius 3 is 2.32 bits per heavy atom. The van der Waals surface area contributed by atoms with Crippen molar-refractivity contribution in [1.82, 2.24) is 4.90 Å². The van der Waals surface area contributed by atoms with Crippen molar-refractivity contribution in [3.63, 3.8) is 0 Å². The van der Waals surface area contributed by atoms with Gasteiger partial charge in [0.2, 0.25) is 0 Å². The number of hydrogen-bond acceptors (Lipinski definition) is 6. The van der Waals surface area contributed by atoms with E-state index in [1.165, 1.54) is 12.1 Å². The number of carbonyl (C=O) groups excluding carboxylic acids is 3. The molecular formula is C18H15NO6. The van der Waals surface area contributed by atoms with Gasteiger partial charge in [-0.25, -0.2) is 9.69 Å². The summed E-state index contributed by atoms with van der Waals surface area (Å²) in [5.41, 5.74) is 0.881. The molecule has 2 amide bonds. The molecule has 7 nitrogen and oxygen atoms in total. The van der Waals surface area contributed by atoms with Crippen molar-refractivity contribution in [2.75, 3.05) is 7.11 Å². The number of carbonyl (C=O) groups is 3. The average Bonchev–Trinajstić information content (AvgIpc) is 3.06. The minimum absolute atomic E-state index is 0.212. The Morgan fingerprint density at radius 2 is 1.84 bits per heavy atom. The second kappa shape index (κ2) is 6.27. The normalized spacial score (nSPS) is 19.5. The summed E-state index contributed by atoms with van der Waals surface area (Å²) in [5, 5.41) is 0. The first kappa shape index (κ1) is 16.5. The molecule has 7 heteroatoms. The fraction of sp³-hybridized carbons (Fsp3) is 0.167. The molecule has 2 aliphatic rings. The average molecular weight is 341 g/mol. The number of methoxy groups -OCH3 is 1. The zero-order chi connectivity index (χ0) is 18.1. The fourth-order valence-corrected chi connectivity index (χ4v) is 2.47. The molecule has 1 aromatic rings. The van der Waals surface area contributed by atoms with E-state index in [4.69, 9.17) is 9.47 Å². The molecule has 2 heterocycles. The summed E-state index contributed by atoms with van der Waals surface area (Å²) < 4.78 is 15.4. The van der Waals surface area contributed by atoms with Crippen molar-refractivity contribution in [2.45, 2.75) is 13.2 Å². The standard InChI is InChI=1S/C18H15NO6/c1-10-8-15(25-11(10)2)24-9-14(18(22)23-3)19-16(20)12-6-4-5-7-13(12)17(19)21/h4-9,15H,2H2,1,3H3/b14-9-. The van der Waals surface area contributed by atoms with Gasteiger partial charge in [0.15, 0.2) is 5.70 Å². The Labute approximate surface area is 143 Å². The number of allylic oxidation sites excluding steroid dienone is 1. The van der Waals surface area contributed by atoms with E-state index in [9.17, 15) is 14.4 Å². The molecule has 0 aromatic heterocycles. The molecule has 1 unspecified atom stereocenters. The number of imide groups is 1. The molecule has 1 atom stereocenters. The predicted octanol–water partition coefficient (Wildman–Crippen LogP) is 2.13. The summed E-state index contributed by atoms with van der Waals surface area (Å²) in [7, 11) is 1.15. The van der Waals surface area contributed by atoms with Gasteiger partial charge in [-0.2, -0.15) is 0 Å². The molecule has 0 spiro atoms. The number of ether oxygens (including phenoxy) is 3. The maximum atomic E-state index is 12.5. The first-order chi connectivity index (χ1) is 11.9. The van der Waals surface area contributed by atoms with Gasteiger partial charge in [0.25, 0.3) is 18.1 Å². The summed E-state index contributed by atoms with van der Waals surface area (Å²) in [6.45, 7) is 5.48. The van der Waals surface area contributed by atoms with Crippen LogP contribution in [0, 0.1) is 0 Å². The number of benzene rings is 1. The maximum absolute atomic E-state index is 12.5. The van der Waals surface area contributed by atoms with Crippen LogP contribution in [0.25, 0.3) is 0 Å². The van der Waals surface area contributed by atoms with Crippen LogP contribution in [0.5, 0.6) is 0 Å². The molecule has 1 aromatic carbocycles. The Bertz CT molecular complexity index is 816. The molecule has 2 aliphatic heterocycles. The molecule has 0 saturated heterocycles. The van der Waals surface area contributed by atoms with E-state index < -0.39 is 24.1 Å². The molecule has 3 rings (SSSR count). The lowest BCUT2D eigenvalue weighted by atomic mass is 10.1. The SMILES string of the molecule is C=C1OC(O/C=C(/C(=O)OC)N2C(=O)c3ccccc3C2=O)C=C1C. The van der Waals surface area contributed by atoms with Crippen molar-refractivity contribution in [3.05, 3.63) is 71.3 Å². The Morgan fingerprint density at radius 1 is 1.24 bits per heavy atom. The summed E-state index contributed by atoms with van der Waals surface area (Å²) >= 11 is 0. The van der Waals surface area contributed by atoms with Crippen LogP contribution in [0.4, 0.5) is 0 Å². The number of esters is 1. The van der Waals surface area contributed by atoms with Gasteiger partial charge in [-0.05, 0) is 24.6 Å². The van der Waals surface area contributed by atoms with Crippen molar-refractivity contribution in [1.29, 1.82) is 0 Å². The van der Waals surface area contributed by atoms with Crippen LogP contribution in [-0.2, 0) is 19.0 Å². The lowest BCUT2D eigenvalue weighted by molar-refractivity contribution is -0.137. The van der Waals surface area contributed by atoms with Crippen molar-refractivity contribution in [2.24, 2.45) is 0 Å². The van der Waals surface area contributed by atoms with E-state index >= 15 is 0 Å². The zero-order valence-electron chi connectivity index (χ0n) is 13.6. The van der Waals surface area contributed by atoms with Gasteiger partial charge in [0, 0.05) is 6.08 Å². The highest BCUT2D eigenvalue weighted by molar-refractivity contribution is 6.24. The molecule has 0 fully saturated rings. The minimum atomic E-state index is -0.882. The van der Waals surface area contributed by atoms with E-state index in [1.54, 1.807) is 25.1 Å². The first-order valence-electron chi connectivity index (χ1n) is 7.40. The molecule has 0 bridgehead atoms. The second-order valence-corrected chi connectivity index (χ2v) is 5.38. The molecule has 25 heavy (non-hydrogen) atoms. The summed E-state index contributed by atoms with van der Waals surface area (Å²) in [4.78, 5) is 37.8. The van der Waals surface area contributed by atoms with Gasteiger partial charge in [0.05, 0.1) is 18.2 Å². The number of rotatable bonds is 4. The van der Waals surface area contributed by atoms with E-state index in [0.29, 0.717) is 5.76 Å². The van der Waals surface area contributed by atoms with Crippen LogP contribution >= 0.6 is 0 Å². The number of amides is 2. The van der Waals surface area contributed by atoms with E-state index in [0.717, 1.165) is 23.8 Å². The van der Waals surface area contributed by atoms with Gasteiger partial charge >= 0.3 is 5.97 Å². The van der Waals surface area contributed by atoms with Crippen LogP contribution in [0.1, 0.15) is 27.6 Å². The molecular weight excluding hydrogens is 326 g/mol. The molecule has 0 aliphatic carbocycles. The lowest BCUT2D eigenvalue weighted by Crippen LogP contribution is -2.33. The number of nitrogens with zero attached hydrogens (tertiary/aromatic N) is 1. The largest absolute Gasteiger partial charge is 0.464 e. The van der Waals surface area contributed by atoms with E-state index in [-0.39, 0.29) is 16.8 Å². The fourth-order valence-electron chi connectivity index (χ4n) is 2.47. The molecule has 0 saturated carbocycles. The van der Waals surface area contributed by atoms with Gasteiger partial charge < -0.3 is 14.2 Å². The highest BCUT2D eigenvalue weighted by Gasteiger charge is 2.40.